The lowest BCUT2D eigenvalue weighted by molar-refractivity contribution is 0.0762. The van der Waals surface area contributed by atoms with Crippen LogP contribution in [0.25, 0.3) is 11.1 Å². The first-order valence-electron chi connectivity index (χ1n) is 9.93. The third-order valence-electron chi connectivity index (χ3n) is 5.07. The Morgan fingerprint density at radius 3 is 2.54 bits per heavy atom. The van der Waals surface area contributed by atoms with Crippen molar-refractivity contribution in [3.8, 4) is 16.9 Å². The number of benzene rings is 2. The monoisotopic (exact) mass is 382 g/mol. The van der Waals surface area contributed by atoms with Crippen molar-refractivity contribution >= 4 is 5.91 Å². The van der Waals surface area contributed by atoms with Gasteiger partial charge in [0.1, 0.15) is 5.75 Å². The van der Waals surface area contributed by atoms with Gasteiger partial charge in [-0.1, -0.05) is 31.2 Å². The zero-order valence-corrected chi connectivity index (χ0v) is 17.1. The van der Waals surface area contributed by atoms with Gasteiger partial charge in [0.15, 0.2) is 0 Å². The molecule has 0 aromatic heterocycles. The van der Waals surface area contributed by atoms with Gasteiger partial charge < -0.3 is 14.8 Å². The van der Waals surface area contributed by atoms with Crippen LogP contribution in [0.1, 0.15) is 31.1 Å². The van der Waals surface area contributed by atoms with E-state index in [0.29, 0.717) is 5.56 Å². The summed E-state index contributed by atoms with van der Waals surface area (Å²) >= 11 is 0. The summed E-state index contributed by atoms with van der Waals surface area (Å²) < 4.78 is 11.3. The van der Waals surface area contributed by atoms with Gasteiger partial charge in [0.2, 0.25) is 0 Å². The molecule has 1 saturated heterocycles. The van der Waals surface area contributed by atoms with E-state index in [1.54, 1.807) is 7.11 Å². The van der Waals surface area contributed by atoms with Gasteiger partial charge in [0.05, 0.1) is 18.2 Å². The molecular formula is C23H30N2O3. The maximum absolute atomic E-state index is 12.8. The van der Waals surface area contributed by atoms with Crippen LogP contribution in [0.3, 0.4) is 0 Å². The second-order valence-electron chi connectivity index (χ2n) is 7.48. The molecule has 2 aromatic rings. The van der Waals surface area contributed by atoms with Crippen molar-refractivity contribution in [2.24, 2.45) is 0 Å². The van der Waals surface area contributed by atoms with Crippen LogP contribution in [0.2, 0.25) is 0 Å². The fourth-order valence-corrected chi connectivity index (χ4v) is 3.60. The van der Waals surface area contributed by atoms with Crippen molar-refractivity contribution in [3.05, 3.63) is 54.1 Å². The highest BCUT2D eigenvalue weighted by molar-refractivity contribution is 5.95. The van der Waals surface area contributed by atoms with Crippen LogP contribution >= 0.6 is 0 Å². The molecule has 5 nitrogen and oxygen atoms in total. The van der Waals surface area contributed by atoms with Crippen molar-refractivity contribution in [1.82, 2.24) is 10.2 Å². The zero-order chi connectivity index (χ0) is 20.1. The van der Waals surface area contributed by atoms with E-state index in [2.05, 4.69) is 17.1 Å². The lowest BCUT2D eigenvalue weighted by atomic mass is 10.0. The normalized spacial score (nSPS) is 19.8. The molecule has 0 unspecified atom stereocenters. The number of carbonyl (C=O) groups is 1. The summed E-state index contributed by atoms with van der Waals surface area (Å²) in [5.41, 5.74) is 2.67. The van der Waals surface area contributed by atoms with Gasteiger partial charge in [-0.05, 0) is 55.8 Å². The average Bonchev–Trinajstić information content (AvgIpc) is 3.09. The van der Waals surface area contributed by atoms with E-state index < -0.39 is 0 Å². The number of amides is 1. The number of hydrogen-bond acceptors (Lipinski definition) is 4. The molecule has 0 radical (unpaired) electrons. The standard InChI is InChI=1S/C23H30N2O3/c1-5-25-14-21(22(15-25)27-4)24-23(26)19-10-6-8-17(12-19)18-9-7-11-20(13-18)28-16(2)3/h6-13,16,21-22H,5,14-15H2,1-4H3,(H,24,26)/t21-,22-/m0/s1. The van der Waals surface area contributed by atoms with E-state index in [1.165, 1.54) is 0 Å². The van der Waals surface area contributed by atoms with Crippen LogP contribution in [0.5, 0.6) is 5.75 Å². The minimum atomic E-state index is -0.0681. The van der Waals surface area contributed by atoms with Crippen LogP contribution < -0.4 is 10.1 Å². The van der Waals surface area contributed by atoms with Gasteiger partial charge in [-0.3, -0.25) is 9.69 Å². The van der Waals surface area contributed by atoms with Crippen molar-refractivity contribution in [1.29, 1.82) is 0 Å². The van der Waals surface area contributed by atoms with Crippen LogP contribution in [0.15, 0.2) is 48.5 Å². The van der Waals surface area contributed by atoms with Crippen LogP contribution in [-0.4, -0.2) is 55.8 Å². The smallest absolute Gasteiger partial charge is 0.251 e. The molecule has 1 amide bonds. The molecule has 1 heterocycles. The summed E-state index contributed by atoms with van der Waals surface area (Å²) in [4.78, 5) is 15.1. The van der Waals surface area contributed by atoms with Gasteiger partial charge in [0, 0.05) is 25.8 Å². The van der Waals surface area contributed by atoms with E-state index in [9.17, 15) is 4.79 Å². The fraction of sp³-hybridized carbons (Fsp3) is 0.435. The highest BCUT2D eigenvalue weighted by Crippen LogP contribution is 2.25. The lowest BCUT2D eigenvalue weighted by Crippen LogP contribution is -2.43. The molecular weight excluding hydrogens is 352 g/mol. The third-order valence-corrected chi connectivity index (χ3v) is 5.07. The van der Waals surface area contributed by atoms with Gasteiger partial charge in [-0.25, -0.2) is 0 Å². The predicted octanol–water partition coefficient (Wildman–Crippen LogP) is 3.59. The van der Waals surface area contributed by atoms with Gasteiger partial charge in [-0.2, -0.15) is 0 Å². The number of hydrogen-bond donors (Lipinski definition) is 1. The van der Waals surface area contributed by atoms with Crippen molar-refractivity contribution in [2.45, 2.75) is 39.0 Å². The molecule has 5 heteroatoms. The summed E-state index contributed by atoms with van der Waals surface area (Å²) in [6, 6.07) is 15.7. The molecule has 1 aliphatic heterocycles. The molecule has 150 valence electrons. The summed E-state index contributed by atoms with van der Waals surface area (Å²) in [5, 5.41) is 3.15. The molecule has 3 rings (SSSR count). The second kappa shape index (κ2) is 9.22. The summed E-state index contributed by atoms with van der Waals surface area (Å²) in [6.45, 7) is 8.75. The van der Waals surface area contributed by atoms with Gasteiger partial charge >= 0.3 is 0 Å². The number of likely N-dealkylation sites (N-methyl/N-ethyl adjacent to an activating group) is 1. The molecule has 1 fully saturated rings. The molecule has 2 atom stereocenters. The number of nitrogens with zero attached hydrogens (tertiary/aromatic N) is 1. The largest absolute Gasteiger partial charge is 0.491 e. The van der Waals surface area contributed by atoms with E-state index in [-0.39, 0.29) is 24.2 Å². The van der Waals surface area contributed by atoms with E-state index in [1.807, 2.05) is 62.4 Å². The lowest BCUT2D eigenvalue weighted by Gasteiger charge is -2.19. The Hall–Kier alpha value is -2.37. The predicted molar refractivity (Wildman–Crippen MR) is 112 cm³/mol. The number of methoxy groups -OCH3 is 1. The van der Waals surface area contributed by atoms with Gasteiger partial charge in [-0.15, -0.1) is 0 Å². The summed E-state index contributed by atoms with van der Waals surface area (Å²) in [5.74, 6) is 0.761. The molecule has 1 aliphatic rings. The maximum atomic E-state index is 12.8. The molecule has 1 N–H and O–H groups in total. The number of nitrogens with one attached hydrogen (secondary N) is 1. The number of rotatable bonds is 7. The molecule has 28 heavy (non-hydrogen) atoms. The Morgan fingerprint density at radius 1 is 1.14 bits per heavy atom. The van der Waals surface area contributed by atoms with Crippen molar-refractivity contribution < 1.29 is 14.3 Å². The average molecular weight is 383 g/mol. The van der Waals surface area contributed by atoms with Crippen molar-refractivity contribution in [2.75, 3.05) is 26.7 Å². The van der Waals surface area contributed by atoms with Crippen LogP contribution in [0.4, 0.5) is 0 Å². The van der Waals surface area contributed by atoms with Crippen LogP contribution in [0, 0.1) is 0 Å². The number of carbonyl (C=O) groups excluding carboxylic acids is 1. The maximum Gasteiger partial charge on any atom is 0.251 e. The Balaban J connectivity index is 1.75. The first-order valence-corrected chi connectivity index (χ1v) is 9.93. The molecule has 0 bridgehead atoms. The van der Waals surface area contributed by atoms with E-state index in [4.69, 9.17) is 9.47 Å². The Morgan fingerprint density at radius 2 is 1.86 bits per heavy atom. The highest BCUT2D eigenvalue weighted by Gasteiger charge is 2.33. The van der Waals surface area contributed by atoms with Gasteiger partial charge in [0.25, 0.3) is 5.91 Å². The Kier molecular flexibility index (Phi) is 6.70. The number of likely N-dealkylation sites (tertiary alicyclic amines) is 1. The minimum Gasteiger partial charge on any atom is -0.491 e. The molecule has 0 aliphatic carbocycles. The van der Waals surface area contributed by atoms with Crippen molar-refractivity contribution in [3.63, 3.8) is 0 Å². The Bertz CT molecular complexity index is 806. The highest BCUT2D eigenvalue weighted by atomic mass is 16.5. The first kappa shape index (κ1) is 20.4. The minimum absolute atomic E-state index is 0.00359. The van der Waals surface area contributed by atoms with E-state index >= 15 is 0 Å². The van der Waals surface area contributed by atoms with E-state index in [0.717, 1.165) is 36.5 Å². The zero-order valence-electron chi connectivity index (χ0n) is 17.1. The third kappa shape index (κ3) is 4.91. The fourth-order valence-electron chi connectivity index (χ4n) is 3.60. The summed E-state index contributed by atoms with van der Waals surface area (Å²) in [7, 11) is 1.70. The Labute approximate surface area is 167 Å². The second-order valence-corrected chi connectivity index (χ2v) is 7.48. The molecule has 2 aromatic carbocycles. The SMILES string of the molecule is CCN1C[C@H](NC(=O)c2cccc(-c3cccc(OC(C)C)c3)c2)[C@@H](OC)C1. The summed E-state index contributed by atoms with van der Waals surface area (Å²) in [6.07, 6.45) is 0.145. The first-order chi connectivity index (χ1) is 13.5. The molecule has 0 spiro atoms. The molecule has 0 saturated carbocycles. The topological polar surface area (TPSA) is 50.8 Å². The number of ether oxygens (including phenoxy) is 2. The quantitative estimate of drug-likeness (QED) is 0.795. The van der Waals surface area contributed by atoms with Crippen LogP contribution in [-0.2, 0) is 4.74 Å².